The number of amides is 1. The van der Waals surface area contributed by atoms with Crippen LogP contribution < -0.4 is 9.64 Å². The van der Waals surface area contributed by atoms with Crippen LogP contribution in [-0.4, -0.2) is 77.6 Å². The van der Waals surface area contributed by atoms with Gasteiger partial charge >= 0.3 is 0 Å². The van der Waals surface area contributed by atoms with E-state index < -0.39 is 0 Å². The lowest BCUT2D eigenvalue weighted by atomic mass is 10.0. The van der Waals surface area contributed by atoms with Gasteiger partial charge in [-0.3, -0.25) is 9.69 Å². The van der Waals surface area contributed by atoms with Crippen molar-refractivity contribution in [3.8, 4) is 5.88 Å². The lowest BCUT2D eigenvalue weighted by molar-refractivity contribution is -0.138. The predicted molar refractivity (Wildman–Crippen MR) is 110 cm³/mol. The molecular formula is C21H29N5O2. The van der Waals surface area contributed by atoms with Crippen molar-refractivity contribution in [3.63, 3.8) is 0 Å². The fourth-order valence-electron chi connectivity index (χ4n) is 4.18. The highest BCUT2D eigenvalue weighted by molar-refractivity contribution is 5.86. The van der Waals surface area contributed by atoms with E-state index in [0.29, 0.717) is 5.88 Å². The van der Waals surface area contributed by atoms with Crippen LogP contribution in [0, 0.1) is 0 Å². The Labute approximate surface area is 166 Å². The van der Waals surface area contributed by atoms with E-state index in [-0.39, 0.29) is 18.1 Å². The third kappa shape index (κ3) is 3.76. The summed E-state index contributed by atoms with van der Waals surface area (Å²) < 4.78 is 5.87. The summed E-state index contributed by atoms with van der Waals surface area (Å²) in [6.45, 7) is 8.52. The number of likely N-dealkylation sites (tertiary alicyclic amines) is 1. The lowest BCUT2D eigenvalue weighted by Gasteiger charge is -2.42. The Bertz CT molecular complexity index is 848. The van der Waals surface area contributed by atoms with Crippen molar-refractivity contribution in [2.75, 3.05) is 44.7 Å². The van der Waals surface area contributed by atoms with E-state index in [4.69, 9.17) is 4.74 Å². The Kier molecular flexibility index (Phi) is 5.35. The first-order valence-corrected chi connectivity index (χ1v) is 10.2. The number of carbonyl (C=O) groups is 1. The number of carbonyl (C=O) groups excluding carboxylic acids is 1. The molecular weight excluding hydrogens is 354 g/mol. The zero-order valence-electron chi connectivity index (χ0n) is 17.0. The van der Waals surface area contributed by atoms with Crippen LogP contribution in [0.2, 0.25) is 0 Å². The van der Waals surface area contributed by atoms with Gasteiger partial charge in [-0.25, -0.2) is 9.97 Å². The molecule has 1 aromatic heterocycles. The van der Waals surface area contributed by atoms with Gasteiger partial charge in [0.05, 0.1) is 23.0 Å². The van der Waals surface area contributed by atoms with E-state index in [1.54, 1.807) is 6.33 Å². The average molecular weight is 383 g/mol. The molecule has 0 radical (unpaired) electrons. The normalized spacial score (nSPS) is 21.6. The third-order valence-corrected chi connectivity index (χ3v) is 5.68. The Balaban J connectivity index is 1.48. The van der Waals surface area contributed by atoms with Gasteiger partial charge in [0.25, 0.3) is 0 Å². The Hall–Kier alpha value is -2.41. The summed E-state index contributed by atoms with van der Waals surface area (Å²) >= 11 is 0. The highest BCUT2D eigenvalue weighted by Gasteiger charge is 2.33. The number of ether oxygens (including phenoxy) is 1. The van der Waals surface area contributed by atoms with Crippen LogP contribution >= 0.6 is 0 Å². The monoisotopic (exact) mass is 383 g/mol. The molecule has 2 aliphatic rings. The second-order valence-corrected chi connectivity index (χ2v) is 7.99. The highest BCUT2D eigenvalue weighted by atomic mass is 16.5. The van der Waals surface area contributed by atoms with Gasteiger partial charge in [0, 0.05) is 45.5 Å². The van der Waals surface area contributed by atoms with Crippen LogP contribution in [0.25, 0.3) is 10.9 Å². The van der Waals surface area contributed by atoms with Gasteiger partial charge in [-0.15, -0.1) is 0 Å². The fourth-order valence-corrected chi connectivity index (χ4v) is 4.18. The summed E-state index contributed by atoms with van der Waals surface area (Å²) in [4.78, 5) is 27.8. The molecule has 2 saturated heterocycles. The molecule has 7 nitrogen and oxygen atoms in total. The van der Waals surface area contributed by atoms with Gasteiger partial charge in [-0.05, 0) is 44.9 Å². The molecule has 1 amide bonds. The minimum atomic E-state index is 0.0527. The minimum Gasteiger partial charge on any atom is -0.474 e. The molecule has 2 aliphatic heterocycles. The van der Waals surface area contributed by atoms with Gasteiger partial charge in [-0.1, -0.05) is 0 Å². The van der Waals surface area contributed by atoms with Crippen molar-refractivity contribution < 1.29 is 9.53 Å². The van der Waals surface area contributed by atoms with Crippen molar-refractivity contribution in [1.29, 1.82) is 0 Å². The molecule has 4 rings (SSSR count). The first kappa shape index (κ1) is 18.9. The van der Waals surface area contributed by atoms with Crippen molar-refractivity contribution in [3.05, 3.63) is 24.5 Å². The quantitative estimate of drug-likeness (QED) is 0.806. The summed E-state index contributed by atoms with van der Waals surface area (Å²) in [5.74, 6) is 0.911. The number of nitrogens with zero attached hydrogens (tertiary/aromatic N) is 5. The first-order valence-electron chi connectivity index (χ1n) is 10.2. The first-order chi connectivity index (χ1) is 13.5. The molecule has 0 saturated carbocycles. The molecule has 1 atom stereocenters. The van der Waals surface area contributed by atoms with E-state index in [0.717, 1.165) is 62.2 Å². The van der Waals surface area contributed by atoms with Crippen LogP contribution in [0.15, 0.2) is 24.5 Å². The largest absolute Gasteiger partial charge is 0.474 e. The number of rotatable bonds is 4. The van der Waals surface area contributed by atoms with Crippen LogP contribution in [0.4, 0.5) is 5.69 Å². The molecule has 3 heterocycles. The average Bonchev–Trinajstić information content (AvgIpc) is 2.70. The van der Waals surface area contributed by atoms with E-state index in [9.17, 15) is 4.79 Å². The number of aromatic nitrogens is 2. The number of piperazine rings is 1. The van der Waals surface area contributed by atoms with Crippen LogP contribution in [-0.2, 0) is 4.79 Å². The SMILES string of the molecule is CC(C)Oc1ncnc2ccc(N3CCN(C4CCCN(C)C4=O)CC3)cc12. The van der Waals surface area contributed by atoms with E-state index in [1.807, 2.05) is 31.9 Å². The molecule has 2 aromatic rings. The van der Waals surface area contributed by atoms with Crippen molar-refractivity contribution in [1.82, 2.24) is 19.8 Å². The van der Waals surface area contributed by atoms with E-state index >= 15 is 0 Å². The van der Waals surface area contributed by atoms with Gasteiger partial charge < -0.3 is 14.5 Å². The molecule has 7 heteroatoms. The molecule has 0 bridgehead atoms. The molecule has 0 spiro atoms. The van der Waals surface area contributed by atoms with E-state index in [2.05, 4.69) is 31.9 Å². The van der Waals surface area contributed by atoms with Gasteiger partial charge in [0.15, 0.2) is 0 Å². The van der Waals surface area contributed by atoms with Gasteiger partial charge in [0.2, 0.25) is 11.8 Å². The number of likely N-dealkylation sites (N-methyl/N-ethyl adjacent to an activating group) is 1. The Morgan fingerprint density at radius 3 is 2.64 bits per heavy atom. The summed E-state index contributed by atoms with van der Waals surface area (Å²) in [5, 5.41) is 0.945. The number of piperidine rings is 1. The maximum absolute atomic E-state index is 12.5. The molecule has 1 unspecified atom stereocenters. The maximum atomic E-state index is 12.5. The van der Waals surface area contributed by atoms with E-state index in [1.165, 1.54) is 0 Å². The summed E-state index contributed by atoms with van der Waals surface area (Å²) in [7, 11) is 1.92. The zero-order valence-corrected chi connectivity index (χ0v) is 17.0. The van der Waals surface area contributed by atoms with Gasteiger partial charge in [0.1, 0.15) is 6.33 Å². The molecule has 0 aliphatic carbocycles. The molecule has 150 valence electrons. The van der Waals surface area contributed by atoms with Crippen LogP contribution in [0.5, 0.6) is 5.88 Å². The molecule has 0 N–H and O–H groups in total. The number of hydrogen-bond acceptors (Lipinski definition) is 6. The second kappa shape index (κ2) is 7.91. The third-order valence-electron chi connectivity index (χ3n) is 5.68. The Morgan fingerprint density at radius 2 is 1.89 bits per heavy atom. The van der Waals surface area contributed by atoms with Crippen molar-refractivity contribution in [2.24, 2.45) is 0 Å². The fraction of sp³-hybridized carbons (Fsp3) is 0.571. The van der Waals surface area contributed by atoms with Crippen LogP contribution in [0.3, 0.4) is 0 Å². The number of anilines is 1. The maximum Gasteiger partial charge on any atom is 0.239 e. The van der Waals surface area contributed by atoms with Crippen molar-refractivity contribution in [2.45, 2.75) is 38.8 Å². The predicted octanol–water partition coefficient (Wildman–Crippen LogP) is 2.16. The standard InChI is InChI=1S/C21H29N5O2/c1-15(2)28-20-17-13-16(6-7-18(17)22-14-23-20)25-9-11-26(12-10-25)19-5-4-8-24(3)21(19)27/h6-7,13-15,19H,4-5,8-12H2,1-3H3. The van der Waals surface area contributed by atoms with Crippen molar-refractivity contribution >= 4 is 22.5 Å². The second-order valence-electron chi connectivity index (χ2n) is 7.99. The molecule has 2 fully saturated rings. The smallest absolute Gasteiger partial charge is 0.239 e. The van der Waals surface area contributed by atoms with Crippen LogP contribution in [0.1, 0.15) is 26.7 Å². The summed E-state index contributed by atoms with van der Waals surface area (Å²) in [5.41, 5.74) is 2.05. The summed E-state index contributed by atoms with van der Waals surface area (Å²) in [6, 6.07) is 6.33. The van der Waals surface area contributed by atoms with Gasteiger partial charge in [-0.2, -0.15) is 0 Å². The topological polar surface area (TPSA) is 61.8 Å². The summed E-state index contributed by atoms with van der Waals surface area (Å²) in [6.07, 6.45) is 3.69. The minimum absolute atomic E-state index is 0.0527. The highest BCUT2D eigenvalue weighted by Crippen LogP contribution is 2.28. The lowest BCUT2D eigenvalue weighted by Crippen LogP contribution is -2.57. The molecule has 28 heavy (non-hydrogen) atoms. The zero-order chi connectivity index (χ0) is 19.7. The number of hydrogen-bond donors (Lipinski definition) is 0. The molecule has 1 aromatic carbocycles. The Morgan fingerprint density at radius 1 is 1.11 bits per heavy atom. The number of fused-ring (bicyclic) bond motifs is 1. The number of benzene rings is 1.